The van der Waals surface area contributed by atoms with E-state index in [0.717, 1.165) is 43.7 Å². The molecule has 1 fully saturated rings. The van der Waals surface area contributed by atoms with E-state index in [-0.39, 0.29) is 12.5 Å². The maximum Gasteiger partial charge on any atom is 0.243 e. The predicted molar refractivity (Wildman–Crippen MR) is 107 cm³/mol. The van der Waals surface area contributed by atoms with Crippen LogP contribution in [0, 0.1) is 0 Å². The van der Waals surface area contributed by atoms with E-state index in [1.54, 1.807) is 25.1 Å². The first kappa shape index (κ1) is 20.3. The number of likely N-dealkylation sites (N-methyl/N-ethyl adjacent to an activating group) is 1. The number of nitrogens with zero attached hydrogens (tertiary/aromatic N) is 4. The van der Waals surface area contributed by atoms with Gasteiger partial charge >= 0.3 is 0 Å². The van der Waals surface area contributed by atoms with Crippen molar-refractivity contribution < 1.29 is 4.79 Å². The van der Waals surface area contributed by atoms with E-state index in [4.69, 9.17) is 11.6 Å². The fourth-order valence-electron chi connectivity index (χ4n) is 2.68. The Hall–Kier alpha value is -2.05. The lowest BCUT2D eigenvalue weighted by Crippen LogP contribution is -2.52. The second kappa shape index (κ2) is 10.2. The number of aliphatic imine (C=N–C) groups is 1. The average molecular weight is 378 g/mol. The van der Waals surface area contributed by atoms with Crippen molar-refractivity contribution in [1.82, 2.24) is 20.0 Å². The Balaban J connectivity index is 1.90. The molecule has 0 aromatic heterocycles. The zero-order valence-electron chi connectivity index (χ0n) is 15.6. The Morgan fingerprint density at radius 1 is 1.27 bits per heavy atom. The SMILES string of the molecule is C=CCNC(=NCC(=O)N(C)C)N1CCN(Cc2ccc(Cl)cc2)CC1. The van der Waals surface area contributed by atoms with Crippen molar-refractivity contribution in [3.8, 4) is 0 Å². The third kappa shape index (κ3) is 6.35. The van der Waals surface area contributed by atoms with Gasteiger partial charge in [0.05, 0.1) is 0 Å². The van der Waals surface area contributed by atoms with Crippen molar-refractivity contribution in [3.05, 3.63) is 47.5 Å². The highest BCUT2D eigenvalue weighted by Crippen LogP contribution is 2.13. The van der Waals surface area contributed by atoms with Crippen molar-refractivity contribution in [3.63, 3.8) is 0 Å². The van der Waals surface area contributed by atoms with E-state index >= 15 is 0 Å². The van der Waals surface area contributed by atoms with Gasteiger partial charge in [0.15, 0.2) is 5.96 Å². The topological polar surface area (TPSA) is 51.2 Å². The predicted octanol–water partition coefficient (Wildman–Crippen LogP) is 1.68. The van der Waals surface area contributed by atoms with E-state index in [0.29, 0.717) is 6.54 Å². The number of guanidine groups is 1. The smallest absolute Gasteiger partial charge is 0.243 e. The van der Waals surface area contributed by atoms with Crippen LogP contribution in [-0.4, -0.2) is 79.9 Å². The molecular formula is C19H28ClN5O. The van der Waals surface area contributed by atoms with Gasteiger partial charge in [-0.3, -0.25) is 9.69 Å². The van der Waals surface area contributed by atoms with Crippen LogP contribution in [0.4, 0.5) is 0 Å². The molecule has 1 aliphatic heterocycles. The minimum Gasteiger partial charge on any atom is -0.353 e. The maximum atomic E-state index is 11.8. The molecule has 0 unspecified atom stereocenters. The third-order valence-electron chi connectivity index (χ3n) is 4.26. The second-order valence-electron chi connectivity index (χ2n) is 6.49. The Bertz CT molecular complexity index is 621. The summed E-state index contributed by atoms with van der Waals surface area (Å²) in [4.78, 5) is 22.5. The van der Waals surface area contributed by atoms with Gasteiger partial charge in [-0.05, 0) is 17.7 Å². The molecule has 1 N–H and O–H groups in total. The number of carbonyl (C=O) groups excluding carboxylic acids is 1. The Morgan fingerprint density at radius 3 is 2.50 bits per heavy atom. The number of rotatable bonds is 6. The van der Waals surface area contributed by atoms with Crippen LogP contribution in [-0.2, 0) is 11.3 Å². The molecule has 1 aromatic rings. The van der Waals surface area contributed by atoms with Crippen LogP contribution < -0.4 is 5.32 Å². The molecule has 6 nitrogen and oxygen atoms in total. The lowest BCUT2D eigenvalue weighted by molar-refractivity contribution is -0.127. The first-order chi connectivity index (χ1) is 12.5. The lowest BCUT2D eigenvalue weighted by atomic mass is 10.2. The van der Waals surface area contributed by atoms with E-state index < -0.39 is 0 Å². The van der Waals surface area contributed by atoms with Crippen LogP contribution in [0.25, 0.3) is 0 Å². The average Bonchev–Trinajstić information content (AvgIpc) is 2.64. The van der Waals surface area contributed by atoms with Crippen LogP contribution in [0.5, 0.6) is 0 Å². The molecule has 0 atom stereocenters. The summed E-state index contributed by atoms with van der Waals surface area (Å²) in [5.74, 6) is 0.760. The van der Waals surface area contributed by atoms with Crippen LogP contribution in [0.1, 0.15) is 5.56 Å². The van der Waals surface area contributed by atoms with E-state index in [1.807, 2.05) is 12.1 Å². The number of benzene rings is 1. The van der Waals surface area contributed by atoms with Gasteiger partial charge in [-0.2, -0.15) is 0 Å². The van der Waals surface area contributed by atoms with E-state index in [2.05, 4.69) is 38.8 Å². The fraction of sp³-hybridized carbons (Fsp3) is 0.474. The number of hydrogen-bond acceptors (Lipinski definition) is 3. The largest absolute Gasteiger partial charge is 0.353 e. The molecular weight excluding hydrogens is 350 g/mol. The minimum atomic E-state index is -0.00993. The first-order valence-electron chi connectivity index (χ1n) is 8.80. The molecule has 0 bridgehead atoms. The number of amides is 1. The van der Waals surface area contributed by atoms with E-state index in [9.17, 15) is 4.79 Å². The number of hydrogen-bond donors (Lipinski definition) is 1. The Kier molecular flexibility index (Phi) is 7.94. The summed E-state index contributed by atoms with van der Waals surface area (Å²) >= 11 is 5.95. The lowest BCUT2D eigenvalue weighted by Gasteiger charge is -2.36. The second-order valence-corrected chi connectivity index (χ2v) is 6.92. The monoisotopic (exact) mass is 377 g/mol. The van der Waals surface area contributed by atoms with Gasteiger partial charge in [0, 0.05) is 58.4 Å². The van der Waals surface area contributed by atoms with Crippen LogP contribution in [0.3, 0.4) is 0 Å². The summed E-state index contributed by atoms with van der Waals surface area (Å²) in [5.41, 5.74) is 1.26. The van der Waals surface area contributed by atoms with Crippen molar-refractivity contribution in [2.75, 3.05) is 53.4 Å². The van der Waals surface area contributed by atoms with Crippen molar-refractivity contribution >= 4 is 23.5 Å². The van der Waals surface area contributed by atoms with Gasteiger partial charge in [-0.1, -0.05) is 29.8 Å². The zero-order valence-corrected chi connectivity index (χ0v) is 16.4. The van der Waals surface area contributed by atoms with Crippen molar-refractivity contribution in [2.24, 2.45) is 4.99 Å². The van der Waals surface area contributed by atoms with Gasteiger partial charge < -0.3 is 15.1 Å². The van der Waals surface area contributed by atoms with Gasteiger partial charge in [-0.15, -0.1) is 6.58 Å². The van der Waals surface area contributed by atoms with Gasteiger partial charge in [0.25, 0.3) is 0 Å². The molecule has 7 heteroatoms. The number of nitrogens with one attached hydrogen (secondary N) is 1. The summed E-state index contributed by atoms with van der Waals surface area (Å²) in [6, 6.07) is 8.00. The van der Waals surface area contributed by atoms with Crippen LogP contribution in [0.15, 0.2) is 41.9 Å². The molecule has 1 heterocycles. The highest BCUT2D eigenvalue weighted by molar-refractivity contribution is 6.30. The summed E-state index contributed by atoms with van der Waals surface area (Å²) in [5, 5.41) is 4.02. The summed E-state index contributed by atoms with van der Waals surface area (Å²) in [6.45, 7) is 9.05. The van der Waals surface area contributed by atoms with Gasteiger partial charge in [0.2, 0.25) is 5.91 Å². The summed E-state index contributed by atoms with van der Waals surface area (Å²) in [6.07, 6.45) is 1.79. The number of piperazine rings is 1. The number of carbonyl (C=O) groups is 1. The quantitative estimate of drug-likeness (QED) is 0.465. The van der Waals surface area contributed by atoms with Gasteiger partial charge in [0.1, 0.15) is 6.54 Å². The van der Waals surface area contributed by atoms with Gasteiger partial charge in [-0.25, -0.2) is 4.99 Å². The Morgan fingerprint density at radius 2 is 1.92 bits per heavy atom. The molecule has 1 aliphatic rings. The molecule has 26 heavy (non-hydrogen) atoms. The maximum absolute atomic E-state index is 11.8. The molecule has 0 saturated carbocycles. The Labute approximate surface area is 161 Å². The molecule has 0 aliphatic carbocycles. The molecule has 1 aromatic carbocycles. The summed E-state index contributed by atoms with van der Waals surface area (Å²) in [7, 11) is 3.48. The molecule has 1 saturated heterocycles. The van der Waals surface area contributed by atoms with Crippen LogP contribution >= 0.6 is 11.6 Å². The highest BCUT2D eigenvalue weighted by atomic mass is 35.5. The standard InChI is InChI=1S/C19H28ClN5O/c1-4-9-21-19(22-14-18(26)23(2)3)25-12-10-24(11-13-25)15-16-5-7-17(20)8-6-16/h4-8H,1,9-15H2,2-3H3,(H,21,22). The summed E-state index contributed by atoms with van der Waals surface area (Å²) < 4.78 is 0. The highest BCUT2D eigenvalue weighted by Gasteiger charge is 2.20. The fourth-order valence-corrected chi connectivity index (χ4v) is 2.81. The molecule has 2 rings (SSSR count). The minimum absolute atomic E-state index is 0.00993. The van der Waals surface area contributed by atoms with Crippen LogP contribution in [0.2, 0.25) is 5.02 Å². The third-order valence-corrected chi connectivity index (χ3v) is 4.51. The molecule has 1 amide bonds. The normalized spacial score (nSPS) is 15.7. The van der Waals surface area contributed by atoms with E-state index in [1.165, 1.54) is 5.56 Å². The molecule has 0 radical (unpaired) electrons. The number of halogens is 1. The van der Waals surface area contributed by atoms with Crippen molar-refractivity contribution in [2.45, 2.75) is 6.54 Å². The van der Waals surface area contributed by atoms with Crippen molar-refractivity contribution in [1.29, 1.82) is 0 Å². The first-order valence-corrected chi connectivity index (χ1v) is 9.18. The molecule has 142 valence electrons. The molecule has 0 spiro atoms. The zero-order chi connectivity index (χ0) is 18.9.